The number of benzene rings is 2. The summed E-state index contributed by atoms with van der Waals surface area (Å²) in [7, 11) is -3.76. The van der Waals surface area contributed by atoms with Crippen LogP contribution in [0.5, 0.6) is 0 Å². The van der Waals surface area contributed by atoms with Crippen molar-refractivity contribution >= 4 is 27.1 Å². The number of carbonyl (C=O) groups excluding carboxylic acids is 1. The van der Waals surface area contributed by atoms with Gasteiger partial charge in [0, 0.05) is 17.0 Å². The summed E-state index contributed by atoms with van der Waals surface area (Å²) < 4.78 is 52.4. The van der Waals surface area contributed by atoms with Crippen molar-refractivity contribution in [2.45, 2.75) is 10.1 Å². The quantitative estimate of drug-likeness (QED) is 0.673. The number of rotatable bonds is 6. The van der Waals surface area contributed by atoms with Gasteiger partial charge in [0.2, 0.25) is 0 Å². The summed E-state index contributed by atoms with van der Waals surface area (Å²) in [6.07, 6.45) is 0. The standard InChI is InChI=1S/C19H15F2NO3S2/c20-15-9-8-13(11-16(15)21)19(23)22-12-18(17-7-4-10-26-17)27(24,25)14-5-2-1-3-6-14/h1-11,18H,12H2,(H,22,23)/t18-/m0/s1. The molecule has 0 fully saturated rings. The Kier molecular flexibility index (Phi) is 5.67. The molecule has 0 saturated carbocycles. The van der Waals surface area contributed by atoms with Crippen molar-refractivity contribution in [3.63, 3.8) is 0 Å². The summed E-state index contributed by atoms with van der Waals surface area (Å²) in [5.41, 5.74) is -0.0871. The van der Waals surface area contributed by atoms with Crippen LogP contribution >= 0.6 is 11.3 Å². The zero-order valence-corrected chi connectivity index (χ0v) is 15.6. The minimum atomic E-state index is -3.76. The van der Waals surface area contributed by atoms with Crippen LogP contribution in [0, 0.1) is 11.6 Å². The Balaban J connectivity index is 1.85. The fourth-order valence-electron chi connectivity index (χ4n) is 2.54. The number of carbonyl (C=O) groups is 1. The van der Waals surface area contributed by atoms with Crippen molar-refractivity contribution in [3.8, 4) is 0 Å². The van der Waals surface area contributed by atoms with E-state index in [9.17, 15) is 22.0 Å². The van der Waals surface area contributed by atoms with E-state index < -0.39 is 32.6 Å². The van der Waals surface area contributed by atoms with Gasteiger partial charge in [0.15, 0.2) is 21.5 Å². The summed E-state index contributed by atoms with van der Waals surface area (Å²) in [4.78, 5) is 13.0. The van der Waals surface area contributed by atoms with Crippen molar-refractivity contribution in [3.05, 3.63) is 88.1 Å². The SMILES string of the molecule is O=C(NC[C@@H](c1cccs1)S(=O)(=O)c1ccccc1)c1ccc(F)c(F)c1. The molecule has 3 aromatic rings. The largest absolute Gasteiger partial charge is 0.350 e. The molecule has 8 heteroatoms. The van der Waals surface area contributed by atoms with Gasteiger partial charge >= 0.3 is 0 Å². The molecular weight excluding hydrogens is 392 g/mol. The zero-order chi connectivity index (χ0) is 19.4. The third-order valence-electron chi connectivity index (χ3n) is 3.94. The van der Waals surface area contributed by atoms with Crippen LogP contribution in [0.15, 0.2) is 70.9 Å². The lowest BCUT2D eigenvalue weighted by Gasteiger charge is -2.17. The fourth-order valence-corrected chi connectivity index (χ4v) is 5.34. The van der Waals surface area contributed by atoms with Gasteiger partial charge in [-0.15, -0.1) is 11.3 Å². The fraction of sp³-hybridized carbons (Fsp3) is 0.105. The molecule has 0 unspecified atom stereocenters. The highest BCUT2D eigenvalue weighted by Crippen LogP contribution is 2.31. The molecule has 1 atom stereocenters. The molecule has 1 aromatic heterocycles. The van der Waals surface area contributed by atoms with Crippen LogP contribution in [0.4, 0.5) is 8.78 Å². The number of halogens is 2. The molecule has 1 amide bonds. The third-order valence-corrected chi connectivity index (χ3v) is 7.17. The molecule has 0 saturated heterocycles. The van der Waals surface area contributed by atoms with E-state index in [1.54, 1.807) is 35.7 Å². The number of amides is 1. The maximum Gasteiger partial charge on any atom is 0.251 e. The van der Waals surface area contributed by atoms with Gasteiger partial charge in [-0.25, -0.2) is 17.2 Å². The Morgan fingerprint density at radius 3 is 2.37 bits per heavy atom. The van der Waals surface area contributed by atoms with Gasteiger partial charge < -0.3 is 5.32 Å². The molecule has 4 nitrogen and oxygen atoms in total. The van der Waals surface area contributed by atoms with Crippen molar-refractivity contribution in [2.75, 3.05) is 6.54 Å². The van der Waals surface area contributed by atoms with E-state index in [0.29, 0.717) is 4.88 Å². The first-order valence-electron chi connectivity index (χ1n) is 7.95. The highest BCUT2D eigenvalue weighted by atomic mass is 32.2. The summed E-state index contributed by atoms with van der Waals surface area (Å²) in [5.74, 6) is -2.89. The van der Waals surface area contributed by atoms with Crippen LogP contribution in [0.1, 0.15) is 20.5 Å². The van der Waals surface area contributed by atoms with E-state index in [4.69, 9.17) is 0 Å². The van der Waals surface area contributed by atoms with E-state index in [-0.39, 0.29) is 17.0 Å². The topological polar surface area (TPSA) is 63.2 Å². The number of thiophene rings is 1. The predicted octanol–water partition coefficient (Wildman–Crippen LogP) is 3.97. The highest BCUT2D eigenvalue weighted by Gasteiger charge is 2.30. The summed E-state index contributed by atoms with van der Waals surface area (Å²) in [6.45, 7) is -0.199. The predicted molar refractivity (Wildman–Crippen MR) is 99.4 cm³/mol. The highest BCUT2D eigenvalue weighted by molar-refractivity contribution is 7.91. The Hall–Kier alpha value is -2.58. The summed E-state index contributed by atoms with van der Waals surface area (Å²) in [5, 5.41) is 3.27. The van der Waals surface area contributed by atoms with Gasteiger partial charge in [0.05, 0.1) is 4.90 Å². The Labute approximate surface area is 159 Å². The van der Waals surface area contributed by atoms with Crippen LogP contribution < -0.4 is 5.32 Å². The average Bonchev–Trinajstić information content (AvgIpc) is 3.19. The van der Waals surface area contributed by atoms with Crippen molar-refractivity contribution in [2.24, 2.45) is 0 Å². The van der Waals surface area contributed by atoms with Crippen LogP contribution in [0.3, 0.4) is 0 Å². The lowest BCUT2D eigenvalue weighted by Crippen LogP contribution is -2.31. The lowest BCUT2D eigenvalue weighted by atomic mass is 10.2. The number of nitrogens with one attached hydrogen (secondary N) is 1. The van der Waals surface area contributed by atoms with Gasteiger partial charge in [-0.3, -0.25) is 4.79 Å². The zero-order valence-electron chi connectivity index (χ0n) is 13.9. The molecule has 0 spiro atoms. The number of hydrogen-bond acceptors (Lipinski definition) is 4. The molecule has 27 heavy (non-hydrogen) atoms. The molecule has 1 heterocycles. The van der Waals surface area contributed by atoms with Gasteiger partial charge in [0.1, 0.15) is 5.25 Å². The van der Waals surface area contributed by atoms with E-state index in [1.165, 1.54) is 23.5 Å². The monoisotopic (exact) mass is 407 g/mol. The van der Waals surface area contributed by atoms with E-state index in [1.807, 2.05) is 0 Å². The molecule has 140 valence electrons. The van der Waals surface area contributed by atoms with Crippen molar-refractivity contribution < 1.29 is 22.0 Å². The molecule has 3 rings (SSSR count). The number of hydrogen-bond donors (Lipinski definition) is 1. The second-order valence-electron chi connectivity index (χ2n) is 5.70. The van der Waals surface area contributed by atoms with E-state index in [2.05, 4.69) is 5.32 Å². The molecule has 1 N–H and O–H groups in total. The van der Waals surface area contributed by atoms with Crippen molar-refractivity contribution in [1.82, 2.24) is 5.32 Å². The molecule has 2 aromatic carbocycles. The first kappa shape index (κ1) is 19.2. The molecule has 0 radical (unpaired) electrons. The smallest absolute Gasteiger partial charge is 0.251 e. The van der Waals surface area contributed by atoms with E-state index in [0.717, 1.165) is 18.2 Å². The van der Waals surface area contributed by atoms with Crippen LogP contribution in [-0.4, -0.2) is 20.9 Å². The van der Waals surface area contributed by atoms with Crippen LogP contribution in [0.2, 0.25) is 0 Å². The Bertz CT molecular complexity index is 1040. The minimum Gasteiger partial charge on any atom is -0.350 e. The average molecular weight is 407 g/mol. The lowest BCUT2D eigenvalue weighted by molar-refractivity contribution is 0.0953. The van der Waals surface area contributed by atoms with Gasteiger partial charge in [-0.05, 0) is 41.8 Å². The molecule has 0 aliphatic rings. The third kappa shape index (κ3) is 4.23. The van der Waals surface area contributed by atoms with Crippen LogP contribution in [-0.2, 0) is 9.84 Å². The molecule has 0 aliphatic heterocycles. The molecule has 0 bridgehead atoms. The first-order valence-corrected chi connectivity index (χ1v) is 10.4. The second kappa shape index (κ2) is 7.98. The minimum absolute atomic E-state index is 0.0871. The molecular formula is C19H15F2NO3S2. The maximum atomic E-state index is 13.3. The number of sulfone groups is 1. The van der Waals surface area contributed by atoms with Gasteiger partial charge in [-0.1, -0.05) is 24.3 Å². The second-order valence-corrected chi connectivity index (χ2v) is 8.81. The van der Waals surface area contributed by atoms with Crippen LogP contribution in [0.25, 0.3) is 0 Å². The van der Waals surface area contributed by atoms with Gasteiger partial charge in [-0.2, -0.15) is 0 Å². The summed E-state index contributed by atoms with van der Waals surface area (Å²) in [6, 6.07) is 14.1. The first-order chi connectivity index (χ1) is 12.9. The Morgan fingerprint density at radius 2 is 1.74 bits per heavy atom. The van der Waals surface area contributed by atoms with Crippen molar-refractivity contribution in [1.29, 1.82) is 0 Å². The van der Waals surface area contributed by atoms with E-state index >= 15 is 0 Å². The summed E-state index contributed by atoms with van der Waals surface area (Å²) >= 11 is 1.26. The van der Waals surface area contributed by atoms with Gasteiger partial charge in [0.25, 0.3) is 5.91 Å². The Morgan fingerprint density at radius 1 is 1.00 bits per heavy atom. The normalized spacial score (nSPS) is 12.5. The molecule has 0 aliphatic carbocycles. The maximum absolute atomic E-state index is 13.3.